The Kier molecular flexibility index (Phi) is 3.40. The van der Waals surface area contributed by atoms with Crippen molar-refractivity contribution in [2.24, 2.45) is 0 Å². The summed E-state index contributed by atoms with van der Waals surface area (Å²) >= 11 is 9.76. The number of hydrogen-bond donors (Lipinski definition) is 0. The van der Waals surface area contributed by atoms with Crippen molar-refractivity contribution in [2.75, 3.05) is 0 Å². The summed E-state index contributed by atoms with van der Waals surface area (Å²) in [6.45, 7) is 0. The quantitative estimate of drug-likeness (QED) is 0.625. The standard InChI is InChI=1S/C15H9BrClNO/c16-12-8-6-11(7-9-12)15-13(17)14(18-19-15)10-4-2-1-3-5-10/h1-9H. The fourth-order valence-corrected chi connectivity index (χ4v) is 2.39. The van der Waals surface area contributed by atoms with Crippen molar-refractivity contribution in [2.45, 2.75) is 0 Å². The Morgan fingerprint density at radius 3 is 2.26 bits per heavy atom. The summed E-state index contributed by atoms with van der Waals surface area (Å²) in [5.74, 6) is 0.591. The highest BCUT2D eigenvalue weighted by molar-refractivity contribution is 9.10. The van der Waals surface area contributed by atoms with Gasteiger partial charge in [-0.05, 0) is 24.3 Å². The van der Waals surface area contributed by atoms with Crippen LogP contribution in [0.1, 0.15) is 0 Å². The smallest absolute Gasteiger partial charge is 0.186 e. The third-order valence-corrected chi connectivity index (χ3v) is 3.67. The first kappa shape index (κ1) is 12.5. The molecular weight excluding hydrogens is 326 g/mol. The van der Waals surface area contributed by atoms with Gasteiger partial charge < -0.3 is 4.52 Å². The maximum Gasteiger partial charge on any atom is 0.186 e. The Balaban J connectivity index is 2.06. The van der Waals surface area contributed by atoms with Gasteiger partial charge in [0.25, 0.3) is 0 Å². The van der Waals surface area contributed by atoms with Crippen molar-refractivity contribution in [3.8, 4) is 22.6 Å². The molecule has 1 aromatic heterocycles. The molecule has 0 saturated heterocycles. The first-order chi connectivity index (χ1) is 9.25. The van der Waals surface area contributed by atoms with Crippen LogP contribution in [0.5, 0.6) is 0 Å². The third kappa shape index (κ3) is 2.44. The second-order valence-corrected chi connectivity index (χ2v) is 5.34. The molecule has 0 radical (unpaired) electrons. The molecule has 3 rings (SSSR count). The van der Waals surface area contributed by atoms with E-state index < -0.39 is 0 Å². The first-order valence-corrected chi connectivity index (χ1v) is 6.89. The molecule has 0 aliphatic rings. The molecule has 0 bridgehead atoms. The summed E-state index contributed by atoms with van der Waals surface area (Å²) in [5, 5.41) is 4.60. The minimum absolute atomic E-state index is 0.536. The van der Waals surface area contributed by atoms with Gasteiger partial charge in [-0.25, -0.2) is 0 Å². The van der Waals surface area contributed by atoms with Crippen LogP contribution in [0, 0.1) is 0 Å². The van der Waals surface area contributed by atoms with Gasteiger partial charge in [-0.2, -0.15) is 0 Å². The van der Waals surface area contributed by atoms with Gasteiger partial charge in [0.15, 0.2) is 5.76 Å². The van der Waals surface area contributed by atoms with Gasteiger partial charge in [0.1, 0.15) is 10.7 Å². The van der Waals surface area contributed by atoms with Crippen molar-refractivity contribution >= 4 is 27.5 Å². The van der Waals surface area contributed by atoms with Crippen LogP contribution >= 0.6 is 27.5 Å². The van der Waals surface area contributed by atoms with Gasteiger partial charge in [-0.1, -0.05) is 63.0 Å². The monoisotopic (exact) mass is 333 g/mol. The fraction of sp³-hybridized carbons (Fsp3) is 0. The Hall–Kier alpha value is -1.58. The highest BCUT2D eigenvalue weighted by atomic mass is 79.9. The predicted molar refractivity (Wildman–Crippen MR) is 80.1 cm³/mol. The summed E-state index contributed by atoms with van der Waals surface area (Å²) in [6.07, 6.45) is 0. The van der Waals surface area contributed by atoms with Crippen LogP contribution in [0.2, 0.25) is 5.02 Å². The van der Waals surface area contributed by atoms with E-state index in [1.165, 1.54) is 0 Å². The lowest BCUT2D eigenvalue weighted by atomic mass is 10.1. The zero-order chi connectivity index (χ0) is 13.2. The van der Waals surface area contributed by atoms with E-state index in [9.17, 15) is 0 Å². The first-order valence-electron chi connectivity index (χ1n) is 5.72. The van der Waals surface area contributed by atoms with Crippen LogP contribution in [0.15, 0.2) is 63.6 Å². The molecule has 3 aromatic rings. The molecule has 4 heteroatoms. The summed E-state index contributed by atoms with van der Waals surface area (Å²) < 4.78 is 6.39. The van der Waals surface area contributed by atoms with E-state index in [0.29, 0.717) is 16.5 Å². The minimum Gasteiger partial charge on any atom is -0.354 e. The van der Waals surface area contributed by atoms with E-state index in [0.717, 1.165) is 15.6 Å². The Bertz CT molecular complexity index is 692. The van der Waals surface area contributed by atoms with E-state index >= 15 is 0 Å². The zero-order valence-electron chi connectivity index (χ0n) is 9.81. The van der Waals surface area contributed by atoms with Crippen molar-refractivity contribution in [1.29, 1.82) is 0 Å². The van der Waals surface area contributed by atoms with E-state index in [2.05, 4.69) is 21.1 Å². The number of halogens is 2. The van der Waals surface area contributed by atoms with Crippen molar-refractivity contribution in [3.05, 3.63) is 64.1 Å². The zero-order valence-corrected chi connectivity index (χ0v) is 12.1. The topological polar surface area (TPSA) is 26.0 Å². The number of nitrogens with zero attached hydrogens (tertiary/aromatic N) is 1. The van der Waals surface area contributed by atoms with Gasteiger partial charge >= 0.3 is 0 Å². The number of rotatable bonds is 2. The minimum atomic E-state index is 0.536. The molecule has 0 amide bonds. The maximum atomic E-state index is 6.37. The van der Waals surface area contributed by atoms with E-state index in [1.54, 1.807) is 0 Å². The highest BCUT2D eigenvalue weighted by Crippen LogP contribution is 2.36. The second kappa shape index (κ2) is 5.19. The predicted octanol–water partition coefficient (Wildman–Crippen LogP) is 5.42. The van der Waals surface area contributed by atoms with Gasteiger partial charge in [0.05, 0.1) is 0 Å². The summed E-state index contributed by atoms with van der Waals surface area (Å²) in [4.78, 5) is 0. The average molecular weight is 335 g/mol. The molecule has 94 valence electrons. The molecule has 0 fully saturated rings. The second-order valence-electron chi connectivity index (χ2n) is 4.05. The normalized spacial score (nSPS) is 10.6. The molecule has 0 unspecified atom stereocenters. The van der Waals surface area contributed by atoms with Crippen molar-refractivity contribution in [3.63, 3.8) is 0 Å². The number of aromatic nitrogens is 1. The van der Waals surface area contributed by atoms with E-state index in [-0.39, 0.29) is 0 Å². The molecule has 1 heterocycles. The third-order valence-electron chi connectivity index (χ3n) is 2.79. The van der Waals surface area contributed by atoms with Crippen LogP contribution in [0.25, 0.3) is 22.6 Å². The molecule has 0 saturated carbocycles. The Labute approximate surface area is 124 Å². The lowest BCUT2D eigenvalue weighted by molar-refractivity contribution is 0.435. The van der Waals surface area contributed by atoms with Crippen LogP contribution in [0.3, 0.4) is 0 Å². The summed E-state index contributed by atoms with van der Waals surface area (Å²) in [7, 11) is 0. The summed E-state index contributed by atoms with van der Waals surface area (Å²) in [5.41, 5.74) is 2.52. The van der Waals surface area contributed by atoms with Gasteiger partial charge in [0, 0.05) is 15.6 Å². The molecule has 0 N–H and O–H groups in total. The highest BCUT2D eigenvalue weighted by Gasteiger charge is 2.16. The molecule has 2 nitrogen and oxygen atoms in total. The Morgan fingerprint density at radius 2 is 1.58 bits per heavy atom. The molecule has 0 aliphatic carbocycles. The average Bonchev–Trinajstić information content (AvgIpc) is 2.83. The van der Waals surface area contributed by atoms with E-state index in [1.807, 2.05) is 54.6 Å². The number of hydrogen-bond acceptors (Lipinski definition) is 2. The molecule has 19 heavy (non-hydrogen) atoms. The van der Waals surface area contributed by atoms with Gasteiger partial charge in [-0.3, -0.25) is 0 Å². The molecule has 0 spiro atoms. The number of benzene rings is 2. The molecular formula is C15H9BrClNO. The van der Waals surface area contributed by atoms with Crippen LogP contribution in [-0.2, 0) is 0 Å². The van der Waals surface area contributed by atoms with Crippen molar-refractivity contribution in [1.82, 2.24) is 5.16 Å². The Morgan fingerprint density at radius 1 is 0.895 bits per heavy atom. The molecule has 2 aromatic carbocycles. The van der Waals surface area contributed by atoms with Gasteiger partial charge in [-0.15, -0.1) is 0 Å². The van der Waals surface area contributed by atoms with Crippen LogP contribution in [0.4, 0.5) is 0 Å². The largest absolute Gasteiger partial charge is 0.354 e. The lowest BCUT2D eigenvalue weighted by Crippen LogP contribution is -1.77. The van der Waals surface area contributed by atoms with Gasteiger partial charge in [0.2, 0.25) is 0 Å². The van der Waals surface area contributed by atoms with Crippen LogP contribution < -0.4 is 0 Å². The maximum absolute atomic E-state index is 6.37. The van der Waals surface area contributed by atoms with E-state index in [4.69, 9.17) is 16.1 Å². The summed E-state index contributed by atoms with van der Waals surface area (Å²) in [6, 6.07) is 17.5. The SMILES string of the molecule is Clc1c(-c2ccccc2)noc1-c1ccc(Br)cc1. The van der Waals surface area contributed by atoms with Crippen molar-refractivity contribution < 1.29 is 4.52 Å². The fourth-order valence-electron chi connectivity index (χ4n) is 1.84. The van der Waals surface area contributed by atoms with Crippen LogP contribution in [-0.4, -0.2) is 5.16 Å². The molecule has 0 aliphatic heterocycles. The lowest BCUT2D eigenvalue weighted by Gasteiger charge is -1.97. The molecule has 0 atom stereocenters.